The van der Waals surface area contributed by atoms with Gasteiger partial charge in [-0.15, -0.1) is 0 Å². The van der Waals surface area contributed by atoms with Crippen molar-refractivity contribution in [2.45, 2.75) is 32.8 Å². The largest absolute Gasteiger partial charge is 0.378 e. The molecule has 0 unspecified atom stereocenters. The van der Waals surface area contributed by atoms with Crippen LogP contribution in [-0.4, -0.2) is 37.6 Å². The minimum atomic E-state index is -0.173. The summed E-state index contributed by atoms with van der Waals surface area (Å²) in [6, 6.07) is 0. The molecule has 0 atom stereocenters. The molecule has 0 heterocycles. The third-order valence-electron chi connectivity index (χ3n) is 2.41. The number of amides is 1. The molecule has 3 nitrogen and oxygen atoms in total. The summed E-state index contributed by atoms with van der Waals surface area (Å²) in [6.07, 6.45) is 2.18. The van der Waals surface area contributed by atoms with Crippen molar-refractivity contribution < 1.29 is 9.53 Å². The lowest BCUT2D eigenvalue weighted by Gasteiger charge is -2.20. The van der Waals surface area contributed by atoms with Crippen molar-refractivity contribution in [3.8, 4) is 0 Å². The molecule has 0 saturated heterocycles. The van der Waals surface area contributed by atoms with Gasteiger partial charge in [-0.05, 0) is 26.7 Å². The first-order valence-electron chi connectivity index (χ1n) is 4.81. The van der Waals surface area contributed by atoms with Gasteiger partial charge in [0.25, 0.3) is 0 Å². The fraction of sp³-hybridized carbons (Fsp3) is 0.900. The summed E-state index contributed by atoms with van der Waals surface area (Å²) in [5.74, 6) is 0.216. The Kier molecular flexibility index (Phi) is 2.96. The Morgan fingerprint density at radius 3 is 2.31 bits per heavy atom. The van der Waals surface area contributed by atoms with Gasteiger partial charge >= 0.3 is 0 Å². The molecule has 1 fully saturated rings. The molecule has 0 bridgehead atoms. The van der Waals surface area contributed by atoms with Crippen LogP contribution in [0.3, 0.4) is 0 Å². The molecule has 1 saturated carbocycles. The van der Waals surface area contributed by atoms with Crippen LogP contribution in [0.4, 0.5) is 0 Å². The van der Waals surface area contributed by atoms with Gasteiger partial charge in [0, 0.05) is 14.1 Å². The van der Waals surface area contributed by atoms with Crippen LogP contribution in [0.5, 0.6) is 0 Å². The molecule has 1 aliphatic rings. The molecule has 3 heteroatoms. The molecule has 0 spiro atoms. The lowest BCUT2D eigenvalue weighted by atomic mass is 10.1. The first kappa shape index (κ1) is 10.5. The molecule has 0 aromatic heterocycles. The zero-order valence-electron chi connectivity index (χ0n) is 8.96. The van der Waals surface area contributed by atoms with Gasteiger partial charge in [-0.1, -0.05) is 0 Å². The lowest BCUT2D eigenvalue weighted by Crippen LogP contribution is -2.34. The van der Waals surface area contributed by atoms with Crippen LogP contribution in [0.15, 0.2) is 0 Å². The number of ether oxygens (including phenoxy) is 1. The Balaban J connectivity index is 2.43. The van der Waals surface area contributed by atoms with Crippen LogP contribution in [0.1, 0.15) is 26.7 Å². The Morgan fingerprint density at radius 1 is 1.46 bits per heavy atom. The third kappa shape index (κ3) is 2.44. The normalized spacial score (nSPS) is 18.8. The standard InChI is InChI=1S/C10H19NO2/c1-8(2)13-7-10(5-6-10)9(12)11(3)4/h8H,5-7H2,1-4H3. The Hall–Kier alpha value is -0.570. The highest BCUT2D eigenvalue weighted by Gasteiger charge is 2.50. The average Bonchev–Trinajstić information content (AvgIpc) is 2.80. The number of nitrogens with zero attached hydrogens (tertiary/aromatic N) is 1. The summed E-state index contributed by atoms with van der Waals surface area (Å²) in [5, 5.41) is 0. The van der Waals surface area contributed by atoms with Crippen LogP contribution in [-0.2, 0) is 9.53 Å². The van der Waals surface area contributed by atoms with Crippen molar-refractivity contribution in [2.24, 2.45) is 5.41 Å². The summed E-state index contributed by atoms with van der Waals surface area (Å²) in [7, 11) is 3.61. The maximum absolute atomic E-state index is 11.7. The van der Waals surface area contributed by atoms with Crippen LogP contribution in [0.2, 0.25) is 0 Å². The number of rotatable bonds is 4. The van der Waals surface area contributed by atoms with Gasteiger partial charge in [0.1, 0.15) is 0 Å². The van der Waals surface area contributed by atoms with E-state index in [1.54, 1.807) is 19.0 Å². The van der Waals surface area contributed by atoms with E-state index in [4.69, 9.17) is 4.74 Å². The Labute approximate surface area is 80.1 Å². The Bertz CT molecular complexity index is 195. The number of carbonyl (C=O) groups is 1. The molecule has 0 N–H and O–H groups in total. The number of hydrogen-bond donors (Lipinski definition) is 0. The predicted octanol–water partition coefficient (Wildman–Crippen LogP) is 1.28. The minimum Gasteiger partial charge on any atom is -0.378 e. The molecule has 13 heavy (non-hydrogen) atoms. The fourth-order valence-electron chi connectivity index (χ4n) is 1.37. The second-order valence-electron chi connectivity index (χ2n) is 4.34. The van der Waals surface area contributed by atoms with Crippen molar-refractivity contribution in [2.75, 3.05) is 20.7 Å². The highest BCUT2D eigenvalue weighted by atomic mass is 16.5. The molecular formula is C10H19NO2. The number of hydrogen-bond acceptors (Lipinski definition) is 2. The van der Waals surface area contributed by atoms with Crippen LogP contribution in [0, 0.1) is 5.41 Å². The Morgan fingerprint density at radius 2 is 2.00 bits per heavy atom. The maximum atomic E-state index is 11.7. The lowest BCUT2D eigenvalue weighted by molar-refractivity contribution is -0.137. The van der Waals surface area contributed by atoms with Gasteiger partial charge in [0.15, 0.2) is 0 Å². The van der Waals surface area contributed by atoms with E-state index in [2.05, 4.69) is 0 Å². The predicted molar refractivity (Wildman–Crippen MR) is 51.4 cm³/mol. The highest BCUT2D eigenvalue weighted by Crippen LogP contribution is 2.47. The van der Waals surface area contributed by atoms with Gasteiger partial charge < -0.3 is 9.64 Å². The smallest absolute Gasteiger partial charge is 0.230 e. The molecule has 0 radical (unpaired) electrons. The summed E-state index contributed by atoms with van der Waals surface area (Å²) < 4.78 is 5.49. The van der Waals surface area contributed by atoms with E-state index in [9.17, 15) is 4.79 Å². The van der Waals surface area contributed by atoms with Gasteiger partial charge in [-0.25, -0.2) is 0 Å². The summed E-state index contributed by atoms with van der Waals surface area (Å²) >= 11 is 0. The van der Waals surface area contributed by atoms with Gasteiger partial charge in [0.05, 0.1) is 18.1 Å². The topological polar surface area (TPSA) is 29.5 Å². The molecule has 0 aromatic rings. The zero-order valence-corrected chi connectivity index (χ0v) is 8.96. The average molecular weight is 185 g/mol. The summed E-state index contributed by atoms with van der Waals surface area (Å²) in [5.41, 5.74) is -0.173. The van der Waals surface area contributed by atoms with Crippen molar-refractivity contribution in [1.29, 1.82) is 0 Å². The monoisotopic (exact) mass is 185 g/mol. The molecular weight excluding hydrogens is 166 g/mol. The van der Waals surface area contributed by atoms with Gasteiger partial charge in [0.2, 0.25) is 5.91 Å². The fourth-order valence-corrected chi connectivity index (χ4v) is 1.37. The van der Waals surface area contributed by atoms with Crippen molar-refractivity contribution >= 4 is 5.91 Å². The molecule has 1 amide bonds. The first-order valence-corrected chi connectivity index (χ1v) is 4.81. The zero-order chi connectivity index (χ0) is 10.1. The molecule has 1 aliphatic carbocycles. The van der Waals surface area contributed by atoms with Crippen molar-refractivity contribution in [3.63, 3.8) is 0 Å². The van der Waals surface area contributed by atoms with E-state index in [-0.39, 0.29) is 17.4 Å². The van der Waals surface area contributed by atoms with Crippen molar-refractivity contribution in [3.05, 3.63) is 0 Å². The molecule has 1 rings (SSSR count). The second-order valence-corrected chi connectivity index (χ2v) is 4.34. The third-order valence-corrected chi connectivity index (χ3v) is 2.41. The second kappa shape index (κ2) is 3.66. The minimum absolute atomic E-state index is 0.173. The van der Waals surface area contributed by atoms with E-state index >= 15 is 0 Å². The molecule has 0 aromatic carbocycles. The first-order chi connectivity index (χ1) is 5.98. The molecule has 76 valence electrons. The van der Waals surface area contributed by atoms with E-state index in [0.29, 0.717) is 6.61 Å². The van der Waals surface area contributed by atoms with E-state index < -0.39 is 0 Å². The van der Waals surface area contributed by atoms with Gasteiger partial charge in [-0.3, -0.25) is 4.79 Å². The van der Waals surface area contributed by atoms with E-state index in [1.807, 2.05) is 13.8 Å². The summed E-state index contributed by atoms with van der Waals surface area (Å²) in [6.45, 7) is 4.58. The number of carbonyl (C=O) groups excluding carboxylic acids is 1. The van der Waals surface area contributed by atoms with Crippen LogP contribution >= 0.6 is 0 Å². The maximum Gasteiger partial charge on any atom is 0.230 e. The highest BCUT2D eigenvalue weighted by molar-refractivity contribution is 5.85. The van der Waals surface area contributed by atoms with Gasteiger partial charge in [-0.2, -0.15) is 0 Å². The SMILES string of the molecule is CC(C)OCC1(C(=O)N(C)C)CC1. The van der Waals surface area contributed by atoms with Crippen LogP contribution in [0.25, 0.3) is 0 Å². The van der Waals surface area contributed by atoms with E-state index in [1.165, 1.54) is 0 Å². The summed E-state index contributed by atoms with van der Waals surface area (Å²) in [4.78, 5) is 13.3. The molecule has 0 aliphatic heterocycles. The van der Waals surface area contributed by atoms with Crippen LogP contribution < -0.4 is 0 Å². The van der Waals surface area contributed by atoms with E-state index in [0.717, 1.165) is 12.8 Å². The quantitative estimate of drug-likeness (QED) is 0.660. The van der Waals surface area contributed by atoms with Crippen molar-refractivity contribution in [1.82, 2.24) is 4.90 Å².